The van der Waals surface area contributed by atoms with Crippen molar-refractivity contribution in [2.45, 2.75) is 88.5 Å². The van der Waals surface area contributed by atoms with Crippen molar-refractivity contribution in [1.29, 1.82) is 0 Å². The maximum Gasteiger partial charge on any atom is -0.0270 e. The third-order valence-electron chi connectivity index (χ3n) is 6.40. The molecule has 0 aromatic carbocycles. The molecule has 0 saturated heterocycles. The van der Waals surface area contributed by atoms with Crippen LogP contribution in [0, 0.1) is 34.5 Å². The smallest absolute Gasteiger partial charge is 0.0270 e. The van der Waals surface area contributed by atoms with Crippen molar-refractivity contribution < 1.29 is 0 Å². The van der Waals surface area contributed by atoms with Crippen LogP contribution >= 0.6 is 0 Å². The molecule has 2 atom stereocenters. The molecule has 19 heavy (non-hydrogen) atoms. The van der Waals surface area contributed by atoms with E-state index in [1.54, 1.807) is 0 Å². The lowest BCUT2D eigenvalue weighted by molar-refractivity contribution is -0.0425. The van der Waals surface area contributed by atoms with Crippen LogP contribution in [0.25, 0.3) is 0 Å². The van der Waals surface area contributed by atoms with Crippen molar-refractivity contribution in [2.75, 3.05) is 0 Å². The maximum absolute atomic E-state index is 2.52. The number of hydrogen-bond acceptors (Lipinski definition) is 0. The van der Waals surface area contributed by atoms with Crippen LogP contribution in [0.15, 0.2) is 0 Å². The van der Waals surface area contributed by atoms with E-state index < -0.39 is 0 Å². The Balaban J connectivity index is 5.26. The van der Waals surface area contributed by atoms with Gasteiger partial charge in [-0.15, -0.1) is 0 Å². The highest BCUT2D eigenvalue weighted by molar-refractivity contribution is 4.95. The molecule has 0 nitrogen and oxygen atoms in total. The van der Waals surface area contributed by atoms with Gasteiger partial charge >= 0.3 is 0 Å². The highest BCUT2D eigenvalue weighted by Crippen LogP contribution is 2.54. The van der Waals surface area contributed by atoms with Gasteiger partial charge in [-0.05, 0) is 40.9 Å². The van der Waals surface area contributed by atoms with Gasteiger partial charge in [0.15, 0.2) is 0 Å². The molecule has 0 saturated carbocycles. The number of hydrogen-bond donors (Lipinski definition) is 0. The molecular weight excluding hydrogens is 228 g/mol. The molecule has 0 amide bonds. The summed E-state index contributed by atoms with van der Waals surface area (Å²) in [4.78, 5) is 0. The third kappa shape index (κ3) is 4.23. The lowest BCUT2D eigenvalue weighted by atomic mass is 9.52. The molecular formula is C19H40. The topological polar surface area (TPSA) is 0 Å². The minimum absolute atomic E-state index is 0.379. The van der Waals surface area contributed by atoms with Gasteiger partial charge in [0, 0.05) is 0 Å². The predicted molar refractivity (Wildman–Crippen MR) is 89.4 cm³/mol. The van der Waals surface area contributed by atoms with E-state index in [0.29, 0.717) is 10.8 Å². The summed E-state index contributed by atoms with van der Waals surface area (Å²) >= 11 is 0. The van der Waals surface area contributed by atoms with Crippen molar-refractivity contribution >= 4 is 0 Å². The first-order chi connectivity index (χ1) is 8.50. The molecule has 0 N–H and O–H groups in total. The van der Waals surface area contributed by atoms with Gasteiger partial charge in [0.2, 0.25) is 0 Å². The average molecular weight is 269 g/mol. The van der Waals surface area contributed by atoms with Crippen LogP contribution in [0.3, 0.4) is 0 Å². The van der Waals surface area contributed by atoms with Crippen LogP contribution in [0.2, 0.25) is 0 Å². The molecule has 2 unspecified atom stereocenters. The number of rotatable bonds is 8. The molecule has 0 aliphatic carbocycles. The first kappa shape index (κ1) is 19.0. The highest BCUT2D eigenvalue weighted by atomic mass is 14.5. The van der Waals surface area contributed by atoms with E-state index >= 15 is 0 Å². The minimum Gasteiger partial charge on any atom is -0.0654 e. The third-order valence-corrected chi connectivity index (χ3v) is 6.40. The molecule has 0 aliphatic rings. The molecule has 0 radical (unpaired) electrons. The summed E-state index contributed by atoms with van der Waals surface area (Å²) in [7, 11) is 0. The quantitative estimate of drug-likeness (QED) is 0.454. The fourth-order valence-electron chi connectivity index (χ4n) is 3.85. The first-order valence-corrected chi connectivity index (χ1v) is 8.50. The predicted octanol–water partition coefficient (Wildman–Crippen LogP) is 6.79. The van der Waals surface area contributed by atoms with E-state index in [4.69, 9.17) is 0 Å². The van der Waals surface area contributed by atoms with Gasteiger partial charge in [-0.1, -0.05) is 82.1 Å². The van der Waals surface area contributed by atoms with Crippen LogP contribution in [-0.2, 0) is 0 Å². The molecule has 0 fully saturated rings. The zero-order chi connectivity index (χ0) is 15.4. The van der Waals surface area contributed by atoms with Crippen molar-refractivity contribution in [3.63, 3.8) is 0 Å². The van der Waals surface area contributed by atoms with Crippen LogP contribution in [0.1, 0.15) is 88.5 Å². The Hall–Kier alpha value is 0. The molecule has 0 heteroatoms. The molecule has 0 aliphatic heterocycles. The molecule has 0 aromatic heterocycles. The molecule has 0 spiro atoms. The Morgan fingerprint density at radius 3 is 1.53 bits per heavy atom. The Kier molecular flexibility index (Phi) is 7.14. The van der Waals surface area contributed by atoms with E-state index in [9.17, 15) is 0 Å². The zero-order valence-corrected chi connectivity index (χ0v) is 15.4. The summed E-state index contributed by atoms with van der Waals surface area (Å²) in [5.41, 5.74) is 0.768. The second kappa shape index (κ2) is 7.14. The molecule has 0 rings (SSSR count). The van der Waals surface area contributed by atoms with E-state index in [0.717, 1.165) is 23.7 Å². The van der Waals surface area contributed by atoms with Crippen LogP contribution in [0.4, 0.5) is 0 Å². The van der Waals surface area contributed by atoms with Crippen molar-refractivity contribution in [3.05, 3.63) is 0 Å². The van der Waals surface area contributed by atoms with Crippen LogP contribution in [0.5, 0.6) is 0 Å². The van der Waals surface area contributed by atoms with Gasteiger partial charge in [0.05, 0.1) is 0 Å². The fraction of sp³-hybridized carbons (Fsp3) is 1.00. The first-order valence-electron chi connectivity index (χ1n) is 8.50. The summed E-state index contributed by atoms with van der Waals surface area (Å²) in [5.74, 6) is 3.11. The Morgan fingerprint density at radius 2 is 1.21 bits per heavy atom. The molecule has 0 bridgehead atoms. The minimum atomic E-state index is 0.379. The standard InChI is InChI=1S/C19H40/c1-11-12-13-17(15(4)5)19(9,10)18(7,8)16(6)14(2)3/h14-17H,11-13H2,1-10H3. The number of unbranched alkanes of at least 4 members (excludes halogenated alkanes) is 1. The Bertz CT molecular complexity index is 245. The van der Waals surface area contributed by atoms with Gasteiger partial charge in [-0.25, -0.2) is 0 Å². The average Bonchev–Trinajstić information content (AvgIpc) is 2.27. The summed E-state index contributed by atoms with van der Waals surface area (Å²) in [5, 5.41) is 0. The van der Waals surface area contributed by atoms with Crippen molar-refractivity contribution in [2.24, 2.45) is 34.5 Å². The van der Waals surface area contributed by atoms with Crippen LogP contribution in [-0.4, -0.2) is 0 Å². The highest BCUT2D eigenvalue weighted by Gasteiger charge is 2.46. The van der Waals surface area contributed by atoms with E-state index in [2.05, 4.69) is 69.2 Å². The lowest BCUT2D eigenvalue weighted by Crippen LogP contribution is -2.46. The molecule has 0 heterocycles. The summed E-state index contributed by atoms with van der Waals surface area (Å²) < 4.78 is 0. The zero-order valence-electron chi connectivity index (χ0n) is 15.4. The van der Waals surface area contributed by atoms with Crippen LogP contribution < -0.4 is 0 Å². The fourth-order valence-corrected chi connectivity index (χ4v) is 3.85. The van der Waals surface area contributed by atoms with Gasteiger partial charge < -0.3 is 0 Å². The van der Waals surface area contributed by atoms with Gasteiger partial charge in [-0.2, -0.15) is 0 Å². The molecule has 0 aromatic rings. The van der Waals surface area contributed by atoms with Gasteiger partial charge in [0.1, 0.15) is 0 Å². The summed E-state index contributed by atoms with van der Waals surface area (Å²) in [6.07, 6.45) is 4.08. The van der Waals surface area contributed by atoms with Gasteiger partial charge in [0.25, 0.3) is 0 Å². The van der Waals surface area contributed by atoms with Crippen molar-refractivity contribution in [3.8, 4) is 0 Å². The Labute approximate surface area is 123 Å². The summed E-state index contributed by atoms with van der Waals surface area (Å²) in [6.45, 7) is 24.4. The molecule has 116 valence electrons. The monoisotopic (exact) mass is 268 g/mol. The second-order valence-corrected chi connectivity index (χ2v) is 8.47. The second-order valence-electron chi connectivity index (χ2n) is 8.47. The van der Waals surface area contributed by atoms with E-state index in [1.807, 2.05) is 0 Å². The summed E-state index contributed by atoms with van der Waals surface area (Å²) in [6, 6.07) is 0. The Morgan fingerprint density at radius 1 is 0.737 bits per heavy atom. The lowest BCUT2D eigenvalue weighted by Gasteiger charge is -2.53. The maximum atomic E-state index is 2.52. The largest absolute Gasteiger partial charge is 0.0654 e. The van der Waals surface area contributed by atoms with Gasteiger partial charge in [-0.3, -0.25) is 0 Å². The SMILES string of the molecule is CCCCC(C(C)C)C(C)(C)C(C)(C)C(C)C(C)C. The normalized spacial score (nSPS) is 17.1. The van der Waals surface area contributed by atoms with E-state index in [1.165, 1.54) is 19.3 Å². The van der Waals surface area contributed by atoms with Crippen molar-refractivity contribution in [1.82, 2.24) is 0 Å². The van der Waals surface area contributed by atoms with E-state index in [-0.39, 0.29) is 0 Å².